The van der Waals surface area contributed by atoms with Crippen molar-refractivity contribution in [2.45, 2.75) is 37.3 Å². The van der Waals surface area contributed by atoms with E-state index >= 15 is 0 Å². The van der Waals surface area contributed by atoms with Crippen LogP contribution < -0.4 is 10.7 Å². The molecule has 35 heavy (non-hydrogen) atoms. The van der Waals surface area contributed by atoms with Gasteiger partial charge in [-0.3, -0.25) is 15.0 Å². The van der Waals surface area contributed by atoms with Crippen LogP contribution >= 0.6 is 0 Å². The van der Waals surface area contributed by atoms with Crippen LogP contribution in [0, 0.1) is 5.92 Å². The number of hydrogen-bond acceptors (Lipinski definition) is 5. The number of allylic oxidation sites excluding steroid dienone is 1. The zero-order valence-corrected chi connectivity index (χ0v) is 18.8. The van der Waals surface area contributed by atoms with Crippen LogP contribution in [-0.4, -0.2) is 52.7 Å². The van der Waals surface area contributed by atoms with Crippen LogP contribution in [-0.2, 0) is 19.1 Å². The standard InChI is InChI=1S/C26H25N3O6/c30-23-13-22(25(32)33)29(28-23)24(31)15-6-5-7-16(12-15)27-26(34)35-14-21-19-10-3-1-8-17(19)18-9-2-4-11-20(18)21/h1-5,7-11,15-16,21-22H,6,12-14H2,(H,27,34)(H,28,30)(H,32,33). The van der Waals surface area contributed by atoms with Gasteiger partial charge >= 0.3 is 12.1 Å². The molecule has 1 saturated heterocycles. The van der Waals surface area contributed by atoms with Crippen LogP contribution in [0.15, 0.2) is 60.7 Å². The zero-order valence-electron chi connectivity index (χ0n) is 18.8. The second kappa shape index (κ2) is 9.25. The fraction of sp³-hybridized carbons (Fsp3) is 0.308. The predicted molar refractivity (Wildman–Crippen MR) is 125 cm³/mol. The number of ether oxygens (including phenoxy) is 1. The summed E-state index contributed by atoms with van der Waals surface area (Å²) in [6.07, 6.45) is 3.37. The van der Waals surface area contributed by atoms with Crippen LogP contribution in [0.3, 0.4) is 0 Å². The molecular formula is C26H25N3O6. The highest BCUT2D eigenvalue weighted by atomic mass is 16.5. The topological polar surface area (TPSA) is 125 Å². The Morgan fingerprint density at radius 2 is 1.71 bits per heavy atom. The molecule has 3 amide bonds. The summed E-state index contributed by atoms with van der Waals surface area (Å²) in [7, 11) is 0. The van der Waals surface area contributed by atoms with Gasteiger partial charge in [-0.25, -0.2) is 14.6 Å². The summed E-state index contributed by atoms with van der Waals surface area (Å²) < 4.78 is 5.59. The van der Waals surface area contributed by atoms with Gasteiger partial charge in [-0.1, -0.05) is 60.7 Å². The summed E-state index contributed by atoms with van der Waals surface area (Å²) in [4.78, 5) is 48.6. The molecular weight excluding hydrogens is 450 g/mol. The van der Waals surface area contributed by atoms with E-state index in [2.05, 4.69) is 22.9 Å². The summed E-state index contributed by atoms with van der Waals surface area (Å²) in [6.45, 7) is 0.179. The number of carboxylic acids is 1. The number of amides is 3. The van der Waals surface area contributed by atoms with E-state index in [0.717, 1.165) is 27.3 Å². The SMILES string of the molecule is O=C1CC(C(=O)O)N(C(=O)C2CC=CC(NC(=O)OCC3c4ccccc4-c4ccccc43)C2)N1. The second-order valence-corrected chi connectivity index (χ2v) is 8.97. The van der Waals surface area contributed by atoms with Crippen molar-refractivity contribution >= 4 is 23.9 Å². The molecule has 5 rings (SSSR count). The van der Waals surface area contributed by atoms with Gasteiger partial charge in [-0.05, 0) is 35.1 Å². The first-order valence-electron chi connectivity index (χ1n) is 11.6. The smallest absolute Gasteiger partial charge is 0.407 e. The maximum absolute atomic E-state index is 12.9. The largest absolute Gasteiger partial charge is 0.480 e. The van der Waals surface area contributed by atoms with Gasteiger partial charge in [0.05, 0.1) is 12.5 Å². The Hall–Kier alpha value is -4.14. The van der Waals surface area contributed by atoms with Crippen molar-refractivity contribution in [3.8, 4) is 11.1 Å². The Labute approximate surface area is 201 Å². The molecule has 180 valence electrons. The minimum absolute atomic E-state index is 0.0592. The molecule has 9 nitrogen and oxygen atoms in total. The Morgan fingerprint density at radius 1 is 1.06 bits per heavy atom. The maximum Gasteiger partial charge on any atom is 0.407 e. The Balaban J connectivity index is 1.19. The van der Waals surface area contributed by atoms with Gasteiger partial charge in [0.15, 0.2) is 6.04 Å². The van der Waals surface area contributed by atoms with Crippen LogP contribution in [0.5, 0.6) is 0 Å². The highest BCUT2D eigenvalue weighted by molar-refractivity contribution is 5.94. The number of nitrogens with one attached hydrogen (secondary N) is 2. The molecule has 1 heterocycles. The molecule has 0 bridgehead atoms. The summed E-state index contributed by atoms with van der Waals surface area (Å²) in [6, 6.07) is 14.5. The highest BCUT2D eigenvalue weighted by Gasteiger charge is 2.42. The molecule has 0 radical (unpaired) electrons. The Morgan fingerprint density at radius 3 is 2.37 bits per heavy atom. The van der Waals surface area contributed by atoms with E-state index in [9.17, 15) is 24.3 Å². The Bertz CT molecular complexity index is 1180. The Kier molecular flexibility index (Phi) is 5.98. The van der Waals surface area contributed by atoms with Crippen molar-refractivity contribution in [1.82, 2.24) is 15.8 Å². The van der Waals surface area contributed by atoms with Crippen molar-refractivity contribution in [2.75, 3.05) is 6.61 Å². The minimum Gasteiger partial charge on any atom is -0.480 e. The third-order valence-corrected chi connectivity index (χ3v) is 6.78. The van der Waals surface area contributed by atoms with E-state index < -0.39 is 41.9 Å². The van der Waals surface area contributed by atoms with Gasteiger partial charge in [0.25, 0.3) is 0 Å². The van der Waals surface area contributed by atoms with E-state index in [1.165, 1.54) is 0 Å². The normalized spacial score (nSPS) is 22.8. The van der Waals surface area contributed by atoms with Crippen molar-refractivity contribution in [3.05, 3.63) is 71.8 Å². The van der Waals surface area contributed by atoms with Crippen molar-refractivity contribution in [1.29, 1.82) is 0 Å². The highest BCUT2D eigenvalue weighted by Crippen LogP contribution is 2.44. The molecule has 3 unspecified atom stereocenters. The first-order chi connectivity index (χ1) is 16.9. The maximum atomic E-state index is 12.9. The molecule has 0 saturated carbocycles. The van der Waals surface area contributed by atoms with Gasteiger partial charge < -0.3 is 15.2 Å². The van der Waals surface area contributed by atoms with E-state index in [0.29, 0.717) is 6.42 Å². The average Bonchev–Trinajstić information content (AvgIpc) is 3.41. The van der Waals surface area contributed by atoms with Gasteiger partial charge in [-0.15, -0.1) is 0 Å². The number of rotatable bonds is 5. The number of carbonyl (C=O) groups is 4. The van der Waals surface area contributed by atoms with Crippen LogP contribution in [0.4, 0.5) is 4.79 Å². The van der Waals surface area contributed by atoms with E-state index in [1.807, 2.05) is 36.4 Å². The molecule has 1 aliphatic heterocycles. The minimum atomic E-state index is -1.24. The fourth-order valence-corrected chi connectivity index (χ4v) is 5.12. The molecule has 2 aromatic carbocycles. The predicted octanol–water partition coefficient (Wildman–Crippen LogP) is 2.58. The molecule has 0 spiro atoms. The molecule has 2 aromatic rings. The average molecular weight is 476 g/mol. The van der Waals surface area contributed by atoms with Crippen molar-refractivity contribution in [2.24, 2.45) is 5.92 Å². The first-order valence-corrected chi connectivity index (χ1v) is 11.6. The summed E-state index contributed by atoms with van der Waals surface area (Å²) in [5.74, 6) is -2.86. The van der Waals surface area contributed by atoms with Crippen molar-refractivity contribution in [3.63, 3.8) is 0 Å². The quantitative estimate of drug-likeness (QED) is 0.571. The summed E-state index contributed by atoms with van der Waals surface area (Å²) in [5.41, 5.74) is 6.85. The summed E-state index contributed by atoms with van der Waals surface area (Å²) in [5, 5.41) is 13.0. The molecule has 3 atom stereocenters. The van der Waals surface area contributed by atoms with Crippen LogP contribution in [0.2, 0.25) is 0 Å². The number of alkyl carbamates (subject to hydrolysis) is 1. The summed E-state index contributed by atoms with van der Waals surface area (Å²) >= 11 is 0. The van der Waals surface area contributed by atoms with Gasteiger partial charge in [0.2, 0.25) is 11.8 Å². The van der Waals surface area contributed by atoms with E-state index in [1.54, 1.807) is 12.2 Å². The number of fused-ring (bicyclic) bond motifs is 3. The third kappa shape index (κ3) is 4.37. The molecule has 1 fully saturated rings. The van der Waals surface area contributed by atoms with Crippen LogP contribution in [0.1, 0.15) is 36.3 Å². The third-order valence-electron chi connectivity index (χ3n) is 6.78. The van der Waals surface area contributed by atoms with Gasteiger partial charge in [0, 0.05) is 11.8 Å². The first kappa shape index (κ1) is 22.6. The van der Waals surface area contributed by atoms with Gasteiger partial charge in [0.1, 0.15) is 6.61 Å². The number of aliphatic carboxylic acids is 1. The second-order valence-electron chi connectivity index (χ2n) is 8.97. The molecule has 9 heteroatoms. The zero-order chi connectivity index (χ0) is 24.5. The number of carboxylic acid groups (broad SMARTS) is 1. The van der Waals surface area contributed by atoms with E-state index in [-0.39, 0.29) is 25.4 Å². The fourth-order valence-electron chi connectivity index (χ4n) is 5.12. The number of benzene rings is 2. The molecule has 3 N–H and O–H groups in total. The lowest BCUT2D eigenvalue weighted by molar-refractivity contribution is -0.152. The lowest BCUT2D eigenvalue weighted by atomic mass is 9.90. The number of nitrogens with zero attached hydrogens (tertiary/aromatic N) is 1. The molecule has 2 aliphatic carbocycles. The lowest BCUT2D eigenvalue weighted by Crippen LogP contribution is -2.50. The number of hydrogen-bond donors (Lipinski definition) is 3. The molecule has 3 aliphatic rings. The number of carbonyl (C=O) groups excluding carboxylic acids is 3. The number of hydrazine groups is 1. The van der Waals surface area contributed by atoms with Gasteiger partial charge in [-0.2, -0.15) is 0 Å². The monoisotopic (exact) mass is 475 g/mol. The lowest BCUT2D eigenvalue weighted by Gasteiger charge is -2.29. The van der Waals surface area contributed by atoms with Crippen molar-refractivity contribution < 1.29 is 29.0 Å². The molecule has 0 aromatic heterocycles. The van der Waals surface area contributed by atoms with Crippen LogP contribution in [0.25, 0.3) is 11.1 Å². The van der Waals surface area contributed by atoms with E-state index in [4.69, 9.17) is 4.74 Å².